The average Bonchev–Trinajstić information content (AvgIpc) is 0.722. The van der Waals surface area contributed by atoms with Crippen LogP contribution in [0.2, 0.25) is 0 Å². The molecular formula is HAlBaO5S+2. The van der Waals surface area contributed by atoms with Crippen LogP contribution in [0, 0.1) is 0 Å². The van der Waals surface area contributed by atoms with Crippen molar-refractivity contribution in [3.8, 4) is 0 Å². The third-order valence-electron chi connectivity index (χ3n) is 0. The summed E-state index contributed by atoms with van der Waals surface area (Å²) >= 11 is 0. The van der Waals surface area contributed by atoms with Gasteiger partial charge in [0.2, 0.25) is 0 Å². The minimum absolute atomic E-state index is 0. The van der Waals surface area contributed by atoms with Gasteiger partial charge in [0, 0.05) is 10.4 Å². The molecule has 0 radical (unpaired) electrons. The van der Waals surface area contributed by atoms with Gasteiger partial charge in [-0.05, 0) is 0 Å². The van der Waals surface area contributed by atoms with Crippen LogP contribution in [0.1, 0.15) is 0 Å². The second-order valence-corrected chi connectivity index (χ2v) is 1.22. The Labute approximate surface area is 97.9 Å². The van der Waals surface area contributed by atoms with Gasteiger partial charge in [0.25, 0.3) is 0 Å². The van der Waals surface area contributed by atoms with Crippen molar-refractivity contribution in [3.05, 3.63) is 0 Å². The molecule has 5 nitrogen and oxygen atoms in total. The van der Waals surface area contributed by atoms with Crippen molar-refractivity contribution in [2.45, 2.75) is 0 Å². The predicted molar refractivity (Wildman–Crippen MR) is 23.9 cm³/mol. The maximum absolute atomic E-state index is 8.52. The van der Waals surface area contributed by atoms with E-state index < -0.39 is 10.4 Å². The van der Waals surface area contributed by atoms with Gasteiger partial charge in [-0.3, -0.25) is 8.42 Å². The van der Waals surface area contributed by atoms with Gasteiger partial charge in [0.1, 0.15) is 0 Å². The molecule has 0 unspecified atom stereocenters. The second kappa shape index (κ2) is 8.93. The molecule has 0 atom stereocenters. The molecule has 0 amide bonds. The molecule has 0 bridgehead atoms. The van der Waals surface area contributed by atoms with Crippen LogP contribution in [0.25, 0.3) is 0 Å². The van der Waals surface area contributed by atoms with Crippen molar-refractivity contribution in [2.24, 2.45) is 0 Å². The van der Waals surface area contributed by atoms with Gasteiger partial charge in [0.05, 0.1) is 0 Å². The van der Waals surface area contributed by atoms with E-state index in [1.165, 1.54) is 0 Å². The van der Waals surface area contributed by atoms with Gasteiger partial charge in [-0.2, -0.15) is 0 Å². The van der Waals surface area contributed by atoms with Crippen molar-refractivity contribution in [3.63, 3.8) is 0 Å². The maximum atomic E-state index is 8.52. The molecular weight excluding hydrogens is 276 g/mol. The first kappa shape index (κ1) is 22.5. The number of hydrogen-bond acceptors (Lipinski definition) is 5. The molecule has 0 saturated heterocycles. The van der Waals surface area contributed by atoms with Crippen molar-refractivity contribution >= 4 is 76.6 Å². The van der Waals surface area contributed by atoms with Crippen LogP contribution in [0.15, 0.2) is 0 Å². The van der Waals surface area contributed by atoms with Crippen molar-refractivity contribution in [1.29, 1.82) is 0 Å². The average molecular weight is 277 g/mol. The van der Waals surface area contributed by atoms with E-state index in [1.807, 2.05) is 0 Å². The Morgan fingerprint density at radius 2 is 1.12 bits per heavy atom. The van der Waals surface area contributed by atoms with Crippen LogP contribution in [-0.4, -0.2) is 89.2 Å². The first-order valence-electron chi connectivity index (χ1n) is 0.667. The predicted octanol–water partition coefficient (Wildman–Crippen LogP) is -2.28. The monoisotopic (exact) mass is 278 g/mol. The molecule has 0 aromatic carbocycles. The third-order valence-corrected chi connectivity index (χ3v) is 0. The Balaban J connectivity index is -0.0000000267. The topological polar surface area (TPSA) is 110 Å². The van der Waals surface area contributed by atoms with Crippen LogP contribution in [0.4, 0.5) is 0 Å². The van der Waals surface area contributed by atoms with Crippen molar-refractivity contribution in [1.82, 2.24) is 0 Å². The maximum Gasteiger partial charge on any atom is 3.00 e. The molecule has 8 heavy (non-hydrogen) atoms. The van der Waals surface area contributed by atoms with Crippen molar-refractivity contribution < 1.29 is 23.0 Å². The summed E-state index contributed by atoms with van der Waals surface area (Å²) in [5, 5.41) is 0. The molecule has 0 aromatic rings. The first-order valence-corrected chi connectivity index (χ1v) is 2.00. The molecule has 0 aromatic heterocycles. The van der Waals surface area contributed by atoms with Gasteiger partial charge in [0.15, 0.2) is 0 Å². The minimum Gasteiger partial charge on any atom is -0.870 e. The standard InChI is InChI=1S/Al.Ba.H2O4S.H2O/c;;1-5(2,3)4;/h;;(H2,1,2,3,4);1H2/q+3;+2;;/p-3. The first-order chi connectivity index (χ1) is 2.00. The SMILES string of the molecule is O=S(=O)([O-])[O-].[Al+3].[Ba+2].[OH-]. The number of rotatable bonds is 0. The molecule has 1 N–H and O–H groups in total. The summed E-state index contributed by atoms with van der Waals surface area (Å²) in [5.41, 5.74) is 0. The van der Waals surface area contributed by atoms with Crippen LogP contribution in [-0.2, 0) is 10.4 Å². The van der Waals surface area contributed by atoms with Gasteiger partial charge >= 0.3 is 66.2 Å². The van der Waals surface area contributed by atoms with Crippen molar-refractivity contribution in [2.75, 3.05) is 0 Å². The van der Waals surface area contributed by atoms with E-state index >= 15 is 0 Å². The molecule has 0 saturated carbocycles. The van der Waals surface area contributed by atoms with E-state index in [1.54, 1.807) is 0 Å². The summed E-state index contributed by atoms with van der Waals surface area (Å²) in [7, 11) is -5.17. The zero-order valence-corrected chi connectivity index (χ0v) is 10.2. The smallest absolute Gasteiger partial charge is 0.870 e. The van der Waals surface area contributed by atoms with E-state index in [-0.39, 0.29) is 71.7 Å². The van der Waals surface area contributed by atoms with Gasteiger partial charge in [-0.25, -0.2) is 0 Å². The zero-order chi connectivity index (χ0) is 4.50. The molecule has 0 rings (SSSR count). The zero-order valence-electron chi connectivity index (χ0n) is 3.77. The molecule has 0 aliphatic heterocycles. The molecule has 0 aliphatic rings. The van der Waals surface area contributed by atoms with Crippen LogP contribution < -0.4 is 0 Å². The van der Waals surface area contributed by atoms with E-state index in [0.29, 0.717) is 0 Å². The van der Waals surface area contributed by atoms with E-state index in [2.05, 4.69) is 0 Å². The molecule has 0 spiro atoms. The summed E-state index contributed by atoms with van der Waals surface area (Å²) in [5.74, 6) is 0. The van der Waals surface area contributed by atoms with Gasteiger partial charge in [-0.15, -0.1) is 0 Å². The van der Waals surface area contributed by atoms with E-state index in [9.17, 15) is 0 Å². The fourth-order valence-electron chi connectivity index (χ4n) is 0. The Kier molecular flexibility index (Phi) is 25.1. The molecule has 0 heterocycles. The Bertz CT molecular complexity index is 95.6. The minimum atomic E-state index is -5.17. The third kappa shape index (κ3) is 102. The largest absolute Gasteiger partial charge is 3.00 e. The second-order valence-electron chi connectivity index (χ2n) is 0.408. The Hall–Kier alpha value is 1.93. The normalized spacial score (nSPS) is 7.25. The summed E-state index contributed by atoms with van der Waals surface area (Å²) in [6, 6.07) is 0. The molecule has 0 aliphatic carbocycles. The molecule has 8 heteroatoms. The number of hydrogen-bond donors (Lipinski definition) is 0. The van der Waals surface area contributed by atoms with Gasteiger partial charge in [-0.1, -0.05) is 0 Å². The van der Waals surface area contributed by atoms with Gasteiger partial charge < -0.3 is 14.6 Å². The van der Waals surface area contributed by atoms with Crippen LogP contribution in [0.3, 0.4) is 0 Å². The van der Waals surface area contributed by atoms with E-state index in [0.717, 1.165) is 0 Å². The molecule has 0 fully saturated rings. The summed E-state index contributed by atoms with van der Waals surface area (Å²) in [6.45, 7) is 0. The van der Waals surface area contributed by atoms with E-state index in [4.69, 9.17) is 17.5 Å². The fourth-order valence-corrected chi connectivity index (χ4v) is 0. The Morgan fingerprint density at radius 3 is 1.12 bits per heavy atom. The molecule has 40 valence electrons. The summed E-state index contributed by atoms with van der Waals surface area (Å²) in [4.78, 5) is 0. The Morgan fingerprint density at radius 1 is 1.12 bits per heavy atom. The summed E-state index contributed by atoms with van der Waals surface area (Å²) < 4.78 is 34.1. The fraction of sp³-hybridized carbons (Fsp3) is 0. The summed E-state index contributed by atoms with van der Waals surface area (Å²) in [6.07, 6.45) is 0. The quantitative estimate of drug-likeness (QED) is 0.281. The van der Waals surface area contributed by atoms with Crippen LogP contribution in [0.5, 0.6) is 0 Å². The van der Waals surface area contributed by atoms with Crippen LogP contribution >= 0.6 is 0 Å².